The quantitative estimate of drug-likeness (QED) is 0.120. The lowest BCUT2D eigenvalue weighted by molar-refractivity contribution is 0.252. The molecule has 0 saturated carbocycles. The summed E-state index contributed by atoms with van der Waals surface area (Å²) in [7, 11) is 0. The molecule has 0 spiro atoms. The van der Waals surface area contributed by atoms with E-state index in [1.807, 2.05) is 6.07 Å². The molecular formula is C33H44N2O. The van der Waals surface area contributed by atoms with Crippen LogP contribution in [0.3, 0.4) is 0 Å². The summed E-state index contributed by atoms with van der Waals surface area (Å²) in [5.41, 5.74) is 0.874. The topological polar surface area (TPSA) is 41.1 Å². The van der Waals surface area contributed by atoms with Gasteiger partial charge in [-0.3, -0.25) is 0 Å². The van der Waals surface area contributed by atoms with Crippen molar-refractivity contribution in [1.29, 1.82) is 0 Å². The van der Waals surface area contributed by atoms with Crippen LogP contribution in [0.5, 0.6) is 0 Å². The van der Waals surface area contributed by atoms with Gasteiger partial charge in [0.15, 0.2) is 0 Å². The van der Waals surface area contributed by atoms with E-state index in [2.05, 4.69) is 66.1 Å². The number of hydrogen-bond acceptors (Lipinski definition) is 1. The van der Waals surface area contributed by atoms with Crippen LogP contribution in [0.2, 0.25) is 0 Å². The van der Waals surface area contributed by atoms with Gasteiger partial charge in [0, 0.05) is 11.9 Å². The Morgan fingerprint density at radius 1 is 0.583 bits per heavy atom. The molecule has 0 aliphatic heterocycles. The van der Waals surface area contributed by atoms with Crippen LogP contribution in [-0.4, -0.2) is 12.6 Å². The van der Waals surface area contributed by atoms with E-state index in [-0.39, 0.29) is 6.03 Å². The molecule has 2 N–H and O–H groups in total. The monoisotopic (exact) mass is 484 g/mol. The van der Waals surface area contributed by atoms with Gasteiger partial charge in [-0.1, -0.05) is 139 Å². The van der Waals surface area contributed by atoms with E-state index in [1.165, 1.54) is 110 Å². The molecule has 4 rings (SSSR count). The van der Waals surface area contributed by atoms with Crippen LogP contribution in [0.25, 0.3) is 32.3 Å². The Kier molecular flexibility index (Phi) is 10.3. The molecule has 4 aromatic carbocycles. The van der Waals surface area contributed by atoms with Gasteiger partial charge in [-0.05, 0) is 39.4 Å². The summed E-state index contributed by atoms with van der Waals surface area (Å²) in [5.74, 6) is 0. The summed E-state index contributed by atoms with van der Waals surface area (Å²) in [5, 5.41) is 13.4. The first-order chi connectivity index (χ1) is 17.8. The lowest BCUT2D eigenvalue weighted by Gasteiger charge is -2.15. The summed E-state index contributed by atoms with van der Waals surface area (Å²) in [4.78, 5) is 12.6. The third-order valence-corrected chi connectivity index (χ3v) is 7.59. The van der Waals surface area contributed by atoms with Gasteiger partial charge < -0.3 is 10.6 Å². The highest BCUT2D eigenvalue weighted by atomic mass is 16.2. The first-order valence-corrected chi connectivity index (χ1v) is 14.5. The van der Waals surface area contributed by atoms with Crippen molar-refractivity contribution in [1.82, 2.24) is 5.32 Å². The molecule has 0 bridgehead atoms. The highest BCUT2D eigenvalue weighted by Gasteiger charge is 2.12. The summed E-state index contributed by atoms with van der Waals surface area (Å²) in [6.07, 6.45) is 18.8. The van der Waals surface area contributed by atoms with Crippen molar-refractivity contribution in [3.8, 4) is 0 Å². The molecule has 0 aliphatic rings. The van der Waals surface area contributed by atoms with Crippen LogP contribution in [0.4, 0.5) is 10.5 Å². The SMILES string of the molecule is CCCCCCCCCCCCCCCCNC(=O)Nc1ccc2ccc3cccc4ccc1c2c34. The van der Waals surface area contributed by atoms with Crippen molar-refractivity contribution in [3.63, 3.8) is 0 Å². The average Bonchev–Trinajstić information content (AvgIpc) is 2.90. The van der Waals surface area contributed by atoms with Crippen LogP contribution in [0.1, 0.15) is 96.8 Å². The zero-order valence-electron chi connectivity index (χ0n) is 22.2. The molecule has 0 aliphatic carbocycles. The molecule has 3 nitrogen and oxygen atoms in total. The Morgan fingerprint density at radius 3 is 1.69 bits per heavy atom. The van der Waals surface area contributed by atoms with Crippen molar-refractivity contribution in [2.24, 2.45) is 0 Å². The Balaban J connectivity index is 1.11. The van der Waals surface area contributed by atoms with Crippen molar-refractivity contribution in [2.45, 2.75) is 96.8 Å². The number of amides is 2. The van der Waals surface area contributed by atoms with Crippen LogP contribution in [0.15, 0.2) is 54.6 Å². The zero-order chi connectivity index (χ0) is 25.0. The number of hydrogen-bond donors (Lipinski definition) is 2. The molecule has 0 saturated heterocycles. The highest BCUT2D eigenvalue weighted by Crippen LogP contribution is 2.37. The van der Waals surface area contributed by atoms with E-state index in [1.54, 1.807) is 0 Å². The molecule has 0 heterocycles. The van der Waals surface area contributed by atoms with Gasteiger partial charge in [0.25, 0.3) is 0 Å². The summed E-state index contributed by atoms with van der Waals surface area (Å²) in [6, 6.07) is 19.1. The molecule has 0 fully saturated rings. The number of anilines is 1. The number of carbonyl (C=O) groups is 1. The van der Waals surface area contributed by atoms with Crippen LogP contribution in [-0.2, 0) is 0 Å². The minimum atomic E-state index is -0.111. The maximum Gasteiger partial charge on any atom is 0.319 e. The normalized spacial score (nSPS) is 11.6. The zero-order valence-corrected chi connectivity index (χ0v) is 22.2. The van der Waals surface area contributed by atoms with Crippen molar-refractivity contribution >= 4 is 44.0 Å². The van der Waals surface area contributed by atoms with E-state index in [9.17, 15) is 4.79 Å². The average molecular weight is 485 g/mol. The van der Waals surface area contributed by atoms with E-state index in [0.29, 0.717) is 0 Å². The van der Waals surface area contributed by atoms with Gasteiger partial charge in [0.2, 0.25) is 0 Å². The van der Waals surface area contributed by atoms with Crippen molar-refractivity contribution in [3.05, 3.63) is 54.6 Å². The summed E-state index contributed by atoms with van der Waals surface area (Å²) >= 11 is 0. The molecule has 0 aromatic heterocycles. The predicted octanol–water partition coefficient (Wildman–Crippen LogP) is 10.2. The fraction of sp³-hybridized carbons (Fsp3) is 0.485. The van der Waals surface area contributed by atoms with Gasteiger partial charge in [-0.15, -0.1) is 0 Å². The lowest BCUT2D eigenvalue weighted by atomic mass is 9.93. The van der Waals surface area contributed by atoms with Gasteiger partial charge in [0.05, 0.1) is 5.69 Å². The van der Waals surface area contributed by atoms with Crippen LogP contribution < -0.4 is 10.6 Å². The standard InChI is InChI=1S/C33H44N2O/c1-2-3-4-5-6-7-8-9-10-11-12-13-14-15-25-34-33(36)35-30-24-22-28-20-19-26-17-16-18-27-21-23-29(30)32(28)31(26)27/h16-24H,2-15,25H2,1H3,(H2,34,35,36). The molecule has 36 heavy (non-hydrogen) atoms. The lowest BCUT2D eigenvalue weighted by Crippen LogP contribution is -2.29. The second-order valence-electron chi connectivity index (χ2n) is 10.4. The van der Waals surface area contributed by atoms with Gasteiger partial charge >= 0.3 is 6.03 Å². The molecule has 4 aromatic rings. The van der Waals surface area contributed by atoms with Crippen molar-refractivity contribution in [2.75, 3.05) is 11.9 Å². The Hall–Kier alpha value is -2.81. The smallest absolute Gasteiger partial charge is 0.319 e. The summed E-state index contributed by atoms with van der Waals surface area (Å²) in [6.45, 7) is 3.01. The largest absolute Gasteiger partial charge is 0.338 e. The van der Waals surface area contributed by atoms with Gasteiger partial charge in [-0.2, -0.15) is 0 Å². The number of urea groups is 1. The third kappa shape index (κ3) is 7.12. The fourth-order valence-electron chi connectivity index (χ4n) is 5.53. The van der Waals surface area contributed by atoms with Crippen molar-refractivity contribution < 1.29 is 4.79 Å². The second-order valence-corrected chi connectivity index (χ2v) is 10.4. The molecule has 0 unspecified atom stereocenters. The summed E-state index contributed by atoms with van der Waals surface area (Å²) < 4.78 is 0. The van der Waals surface area contributed by atoms with Gasteiger partial charge in [0.1, 0.15) is 0 Å². The van der Waals surface area contributed by atoms with Gasteiger partial charge in [-0.25, -0.2) is 4.79 Å². The number of benzene rings is 4. The minimum Gasteiger partial charge on any atom is -0.338 e. The molecule has 3 heteroatoms. The maximum atomic E-state index is 12.6. The third-order valence-electron chi connectivity index (χ3n) is 7.59. The first-order valence-electron chi connectivity index (χ1n) is 14.5. The van der Waals surface area contributed by atoms with E-state index < -0.39 is 0 Å². The molecule has 2 amide bonds. The molecule has 0 radical (unpaired) electrons. The fourth-order valence-corrected chi connectivity index (χ4v) is 5.53. The number of nitrogens with one attached hydrogen (secondary N) is 2. The number of unbranched alkanes of at least 4 members (excludes halogenated alkanes) is 13. The molecular weight excluding hydrogens is 440 g/mol. The Morgan fingerprint density at radius 2 is 1.08 bits per heavy atom. The number of carbonyl (C=O) groups excluding carboxylic acids is 1. The highest BCUT2D eigenvalue weighted by molar-refractivity contribution is 6.25. The molecule has 192 valence electrons. The van der Waals surface area contributed by atoms with Crippen LogP contribution in [0, 0.1) is 0 Å². The van der Waals surface area contributed by atoms with E-state index in [0.717, 1.165) is 24.0 Å². The Labute approximate surface area is 217 Å². The van der Waals surface area contributed by atoms with Crippen LogP contribution >= 0.6 is 0 Å². The molecule has 0 atom stereocenters. The Bertz CT molecular complexity index is 1200. The van der Waals surface area contributed by atoms with E-state index in [4.69, 9.17) is 0 Å². The minimum absolute atomic E-state index is 0.111. The maximum absolute atomic E-state index is 12.6. The van der Waals surface area contributed by atoms with E-state index >= 15 is 0 Å². The predicted molar refractivity (Wildman–Crippen MR) is 157 cm³/mol. The first kappa shape index (κ1) is 26.3. The number of rotatable bonds is 16. The second kappa shape index (κ2) is 14.1.